The lowest BCUT2D eigenvalue weighted by molar-refractivity contribution is 0.565. The molecule has 0 spiro atoms. The maximum atomic E-state index is 9.89. The van der Waals surface area contributed by atoms with Crippen molar-refractivity contribution >= 4 is 23.4 Å². The van der Waals surface area contributed by atoms with Gasteiger partial charge in [-0.1, -0.05) is 11.6 Å². The van der Waals surface area contributed by atoms with Gasteiger partial charge in [-0.3, -0.25) is 0 Å². The molecule has 0 amide bonds. The highest BCUT2D eigenvalue weighted by Crippen LogP contribution is 2.21. The Kier molecular flexibility index (Phi) is 2.60. The normalized spacial score (nSPS) is 8.33. The molecule has 1 rings (SSSR count). The zero-order valence-corrected chi connectivity index (χ0v) is 6.67. The van der Waals surface area contributed by atoms with E-state index < -0.39 is 0 Å². The molecule has 0 atom stereocenters. The van der Waals surface area contributed by atoms with Crippen molar-refractivity contribution in [2.45, 2.75) is 0 Å². The van der Waals surface area contributed by atoms with Gasteiger partial charge >= 0.3 is 0 Å². The Balaban J connectivity index is 3.31. The molecule has 0 aliphatic carbocycles. The van der Waals surface area contributed by atoms with Gasteiger partial charge in [0.15, 0.2) is 0 Å². The van der Waals surface area contributed by atoms with E-state index in [2.05, 4.69) is 4.99 Å². The summed E-state index contributed by atoms with van der Waals surface area (Å²) in [6, 6.07) is 6.35. The molecular formula is C8H3ClN2O. The van der Waals surface area contributed by atoms with E-state index in [0.29, 0.717) is 5.02 Å². The fraction of sp³-hybridized carbons (Fsp3) is 0. The van der Waals surface area contributed by atoms with Crippen LogP contribution in [0.1, 0.15) is 5.56 Å². The summed E-state index contributed by atoms with van der Waals surface area (Å²) in [6.45, 7) is 0. The number of nitriles is 1. The maximum absolute atomic E-state index is 9.89. The molecule has 1 aromatic carbocycles. The van der Waals surface area contributed by atoms with Gasteiger partial charge in [0.25, 0.3) is 0 Å². The van der Waals surface area contributed by atoms with Crippen molar-refractivity contribution in [1.29, 1.82) is 5.26 Å². The first kappa shape index (κ1) is 8.48. The van der Waals surface area contributed by atoms with Crippen LogP contribution in [-0.4, -0.2) is 6.08 Å². The molecule has 4 heteroatoms. The minimum Gasteiger partial charge on any atom is -0.211 e. The average Bonchev–Trinajstić information content (AvgIpc) is 2.08. The first-order chi connectivity index (χ1) is 5.77. The number of isocyanates is 1. The van der Waals surface area contributed by atoms with Crippen LogP contribution in [0.2, 0.25) is 5.02 Å². The Hall–Kier alpha value is -1.62. The van der Waals surface area contributed by atoms with E-state index in [0.717, 1.165) is 0 Å². The summed E-state index contributed by atoms with van der Waals surface area (Å²) < 4.78 is 0. The van der Waals surface area contributed by atoms with Gasteiger partial charge in [-0.15, -0.1) is 0 Å². The third-order valence-corrected chi connectivity index (χ3v) is 1.48. The van der Waals surface area contributed by atoms with Gasteiger partial charge < -0.3 is 0 Å². The highest BCUT2D eigenvalue weighted by molar-refractivity contribution is 6.30. The number of rotatable bonds is 1. The van der Waals surface area contributed by atoms with Gasteiger partial charge in [-0.05, 0) is 18.2 Å². The van der Waals surface area contributed by atoms with Crippen molar-refractivity contribution in [3.05, 3.63) is 28.8 Å². The summed E-state index contributed by atoms with van der Waals surface area (Å²) in [5.41, 5.74) is 0.558. The lowest BCUT2D eigenvalue weighted by Gasteiger charge is -1.94. The number of halogens is 1. The maximum Gasteiger partial charge on any atom is 0.240 e. The average molecular weight is 179 g/mol. The SMILES string of the molecule is N#Cc1cc(Cl)ccc1N=C=O. The predicted octanol–water partition coefficient (Wildman–Crippen LogP) is 2.18. The number of hydrogen-bond acceptors (Lipinski definition) is 3. The molecule has 58 valence electrons. The summed E-state index contributed by atoms with van der Waals surface area (Å²) in [5, 5.41) is 9.01. The minimum absolute atomic E-state index is 0.269. The lowest BCUT2D eigenvalue weighted by atomic mass is 10.2. The molecule has 12 heavy (non-hydrogen) atoms. The molecule has 0 N–H and O–H groups in total. The van der Waals surface area contributed by atoms with Crippen molar-refractivity contribution in [2.75, 3.05) is 0 Å². The van der Waals surface area contributed by atoms with Gasteiger partial charge in [0.2, 0.25) is 6.08 Å². The molecule has 0 saturated heterocycles. The fourth-order valence-electron chi connectivity index (χ4n) is 0.744. The predicted molar refractivity (Wildman–Crippen MR) is 43.9 cm³/mol. The van der Waals surface area contributed by atoms with Gasteiger partial charge in [-0.2, -0.15) is 10.3 Å². The molecule has 0 unspecified atom stereocenters. The largest absolute Gasteiger partial charge is 0.240 e. The number of hydrogen-bond donors (Lipinski definition) is 0. The van der Waals surface area contributed by atoms with Crippen molar-refractivity contribution in [3.8, 4) is 6.07 Å². The molecule has 0 aliphatic heterocycles. The van der Waals surface area contributed by atoms with Crippen LogP contribution in [0.3, 0.4) is 0 Å². The number of nitrogens with zero attached hydrogens (tertiary/aromatic N) is 2. The van der Waals surface area contributed by atoms with Crippen LogP contribution in [0.25, 0.3) is 0 Å². The van der Waals surface area contributed by atoms with Gasteiger partial charge in [0, 0.05) is 5.02 Å². The van der Waals surface area contributed by atoms with E-state index in [1.54, 1.807) is 6.07 Å². The Morgan fingerprint density at radius 1 is 1.50 bits per heavy atom. The van der Waals surface area contributed by atoms with Gasteiger partial charge in [-0.25, -0.2) is 4.79 Å². The van der Waals surface area contributed by atoms with Crippen LogP contribution in [-0.2, 0) is 4.79 Å². The highest BCUT2D eigenvalue weighted by Gasteiger charge is 2.00. The second kappa shape index (κ2) is 3.68. The molecule has 0 saturated carbocycles. The van der Waals surface area contributed by atoms with E-state index in [1.807, 2.05) is 6.07 Å². The summed E-state index contributed by atoms with van der Waals surface area (Å²) in [4.78, 5) is 13.2. The topological polar surface area (TPSA) is 53.2 Å². The summed E-state index contributed by atoms with van der Waals surface area (Å²) in [6.07, 6.45) is 1.36. The second-order valence-corrected chi connectivity index (χ2v) is 2.41. The van der Waals surface area contributed by atoms with Crippen LogP contribution >= 0.6 is 11.6 Å². The molecule has 0 fully saturated rings. The molecular weight excluding hydrogens is 176 g/mol. The Morgan fingerprint density at radius 3 is 2.83 bits per heavy atom. The van der Waals surface area contributed by atoms with E-state index in [-0.39, 0.29) is 11.3 Å². The monoisotopic (exact) mass is 178 g/mol. The lowest BCUT2D eigenvalue weighted by Crippen LogP contribution is -1.75. The van der Waals surface area contributed by atoms with E-state index >= 15 is 0 Å². The van der Waals surface area contributed by atoms with Crippen molar-refractivity contribution in [1.82, 2.24) is 0 Å². The Labute approximate surface area is 73.9 Å². The van der Waals surface area contributed by atoms with Crippen molar-refractivity contribution < 1.29 is 4.79 Å². The number of carbonyl (C=O) groups excluding carboxylic acids is 1. The standard InChI is InChI=1S/C8H3ClN2O/c9-7-1-2-8(11-5-12)6(3-7)4-10/h1-3H. The number of aliphatic imine (C=N–C) groups is 1. The highest BCUT2D eigenvalue weighted by atomic mass is 35.5. The number of benzene rings is 1. The first-order valence-corrected chi connectivity index (χ1v) is 3.43. The van der Waals surface area contributed by atoms with Crippen LogP contribution in [0.5, 0.6) is 0 Å². The molecule has 0 aromatic heterocycles. The smallest absolute Gasteiger partial charge is 0.211 e. The van der Waals surface area contributed by atoms with E-state index in [1.165, 1.54) is 18.2 Å². The van der Waals surface area contributed by atoms with E-state index in [4.69, 9.17) is 16.9 Å². The Morgan fingerprint density at radius 2 is 2.25 bits per heavy atom. The van der Waals surface area contributed by atoms with E-state index in [9.17, 15) is 4.79 Å². The van der Waals surface area contributed by atoms with Crippen molar-refractivity contribution in [3.63, 3.8) is 0 Å². The molecule has 0 bridgehead atoms. The molecule has 0 heterocycles. The van der Waals surface area contributed by atoms with Crippen LogP contribution in [0.15, 0.2) is 23.2 Å². The zero-order chi connectivity index (χ0) is 8.97. The molecule has 1 aromatic rings. The molecule has 0 aliphatic rings. The summed E-state index contributed by atoms with van der Waals surface area (Å²) >= 11 is 5.60. The van der Waals surface area contributed by atoms with Crippen LogP contribution in [0.4, 0.5) is 5.69 Å². The van der Waals surface area contributed by atoms with Crippen LogP contribution in [0, 0.1) is 11.3 Å². The quantitative estimate of drug-likeness (QED) is 0.489. The molecule has 0 radical (unpaired) electrons. The first-order valence-electron chi connectivity index (χ1n) is 3.05. The van der Waals surface area contributed by atoms with Gasteiger partial charge in [0.1, 0.15) is 6.07 Å². The minimum atomic E-state index is 0.269. The summed E-state index contributed by atoms with van der Waals surface area (Å²) in [5.74, 6) is 0. The zero-order valence-electron chi connectivity index (χ0n) is 5.91. The third-order valence-electron chi connectivity index (χ3n) is 1.25. The second-order valence-electron chi connectivity index (χ2n) is 1.98. The van der Waals surface area contributed by atoms with Crippen molar-refractivity contribution in [2.24, 2.45) is 4.99 Å². The van der Waals surface area contributed by atoms with Crippen LogP contribution < -0.4 is 0 Å². The Bertz CT molecular complexity index is 389. The molecule has 3 nitrogen and oxygen atoms in total. The fourth-order valence-corrected chi connectivity index (χ4v) is 0.917. The third kappa shape index (κ3) is 1.70. The van der Waals surface area contributed by atoms with Gasteiger partial charge in [0.05, 0.1) is 11.3 Å². The summed E-state index contributed by atoms with van der Waals surface area (Å²) in [7, 11) is 0.